The van der Waals surface area contributed by atoms with Crippen LogP contribution in [0.5, 0.6) is 0 Å². The normalized spacial score (nSPS) is 18.8. The van der Waals surface area contributed by atoms with Crippen molar-refractivity contribution in [3.8, 4) is 0 Å². The Bertz CT molecular complexity index is 587. The van der Waals surface area contributed by atoms with Crippen LogP contribution in [0.25, 0.3) is 11.0 Å². The van der Waals surface area contributed by atoms with Crippen LogP contribution >= 0.6 is 11.8 Å². The van der Waals surface area contributed by atoms with Gasteiger partial charge in [0.1, 0.15) is 11.3 Å². The standard InChI is InChI=1S/C16H20N2O2S/c1-18(16(19)9-13-11-21-7-6-17-13)10-14-8-12-4-2-3-5-15(12)20-14/h2-5,8,13,17H,6-7,9-11H2,1H3. The summed E-state index contributed by atoms with van der Waals surface area (Å²) in [5.41, 5.74) is 0.874. The molecule has 1 aromatic heterocycles. The molecule has 1 atom stereocenters. The van der Waals surface area contributed by atoms with E-state index < -0.39 is 0 Å². The molecule has 112 valence electrons. The van der Waals surface area contributed by atoms with Gasteiger partial charge in [0.2, 0.25) is 5.91 Å². The van der Waals surface area contributed by atoms with Crippen molar-refractivity contribution in [2.45, 2.75) is 19.0 Å². The van der Waals surface area contributed by atoms with Crippen molar-refractivity contribution in [1.82, 2.24) is 10.2 Å². The quantitative estimate of drug-likeness (QED) is 0.942. The number of hydrogen-bond donors (Lipinski definition) is 1. The van der Waals surface area contributed by atoms with Crippen LogP contribution in [0.3, 0.4) is 0 Å². The van der Waals surface area contributed by atoms with Crippen molar-refractivity contribution in [2.24, 2.45) is 0 Å². The van der Waals surface area contributed by atoms with Gasteiger partial charge in [0.25, 0.3) is 0 Å². The van der Waals surface area contributed by atoms with E-state index in [9.17, 15) is 4.79 Å². The summed E-state index contributed by atoms with van der Waals surface area (Å²) in [6.45, 7) is 1.52. The van der Waals surface area contributed by atoms with E-state index in [0.29, 0.717) is 19.0 Å². The molecular weight excluding hydrogens is 284 g/mol. The highest BCUT2D eigenvalue weighted by Crippen LogP contribution is 2.20. The number of benzene rings is 1. The van der Waals surface area contributed by atoms with E-state index >= 15 is 0 Å². The summed E-state index contributed by atoms with van der Waals surface area (Å²) in [5, 5.41) is 4.48. The molecule has 1 aliphatic rings. The van der Waals surface area contributed by atoms with Crippen LogP contribution in [0.1, 0.15) is 12.2 Å². The first kappa shape index (κ1) is 14.5. The minimum atomic E-state index is 0.162. The number of nitrogens with zero attached hydrogens (tertiary/aromatic N) is 1. The van der Waals surface area contributed by atoms with Gasteiger partial charge in [0.15, 0.2) is 0 Å². The van der Waals surface area contributed by atoms with Gasteiger partial charge in [-0.2, -0.15) is 11.8 Å². The summed E-state index contributed by atoms with van der Waals surface area (Å²) < 4.78 is 5.77. The number of hydrogen-bond acceptors (Lipinski definition) is 4. The molecule has 1 aliphatic heterocycles. The van der Waals surface area contributed by atoms with Gasteiger partial charge in [-0.05, 0) is 12.1 Å². The second-order valence-electron chi connectivity index (χ2n) is 5.43. The topological polar surface area (TPSA) is 45.5 Å². The fourth-order valence-corrected chi connectivity index (χ4v) is 3.50. The van der Waals surface area contributed by atoms with Crippen LogP contribution in [0.2, 0.25) is 0 Å². The Morgan fingerprint density at radius 2 is 2.33 bits per heavy atom. The first-order chi connectivity index (χ1) is 10.2. The molecule has 3 rings (SSSR count). The largest absolute Gasteiger partial charge is 0.459 e. The van der Waals surface area contributed by atoms with Gasteiger partial charge in [-0.15, -0.1) is 0 Å². The van der Waals surface area contributed by atoms with Crippen molar-refractivity contribution in [3.63, 3.8) is 0 Å². The third-order valence-electron chi connectivity index (χ3n) is 3.71. The van der Waals surface area contributed by atoms with Crippen molar-refractivity contribution in [1.29, 1.82) is 0 Å². The smallest absolute Gasteiger partial charge is 0.224 e. The van der Waals surface area contributed by atoms with E-state index in [-0.39, 0.29) is 5.91 Å². The fraction of sp³-hybridized carbons (Fsp3) is 0.438. The minimum Gasteiger partial charge on any atom is -0.459 e. The molecule has 1 amide bonds. The van der Waals surface area contributed by atoms with Crippen molar-refractivity contribution >= 4 is 28.6 Å². The van der Waals surface area contributed by atoms with Gasteiger partial charge in [-0.25, -0.2) is 0 Å². The Labute approximate surface area is 128 Å². The molecule has 1 saturated heterocycles. The maximum atomic E-state index is 12.3. The average Bonchev–Trinajstić information content (AvgIpc) is 2.90. The lowest BCUT2D eigenvalue weighted by Gasteiger charge is -2.25. The number of carbonyl (C=O) groups is 1. The minimum absolute atomic E-state index is 0.162. The molecule has 21 heavy (non-hydrogen) atoms. The van der Waals surface area contributed by atoms with E-state index in [1.54, 1.807) is 4.90 Å². The average molecular weight is 304 g/mol. The van der Waals surface area contributed by atoms with Crippen LogP contribution in [0.15, 0.2) is 34.7 Å². The number of para-hydroxylation sites is 1. The number of thioether (sulfide) groups is 1. The highest BCUT2D eigenvalue weighted by atomic mass is 32.2. The van der Waals surface area contributed by atoms with E-state index in [0.717, 1.165) is 34.8 Å². The summed E-state index contributed by atoms with van der Waals surface area (Å²) in [6.07, 6.45) is 0.559. The van der Waals surface area contributed by atoms with Crippen LogP contribution < -0.4 is 5.32 Å². The molecule has 0 aliphatic carbocycles. The Kier molecular flexibility index (Phi) is 4.51. The SMILES string of the molecule is CN(Cc1cc2ccccc2o1)C(=O)CC1CSCCN1. The Hall–Kier alpha value is -1.46. The lowest BCUT2D eigenvalue weighted by molar-refractivity contribution is -0.131. The van der Waals surface area contributed by atoms with Gasteiger partial charge < -0.3 is 14.6 Å². The second kappa shape index (κ2) is 6.54. The first-order valence-electron chi connectivity index (χ1n) is 7.25. The van der Waals surface area contributed by atoms with E-state index in [1.165, 1.54) is 0 Å². The lowest BCUT2D eigenvalue weighted by atomic mass is 10.2. The highest BCUT2D eigenvalue weighted by Gasteiger charge is 2.19. The number of rotatable bonds is 4. The maximum Gasteiger partial charge on any atom is 0.224 e. The number of amides is 1. The number of carbonyl (C=O) groups excluding carboxylic acids is 1. The van der Waals surface area contributed by atoms with Gasteiger partial charge in [0, 0.05) is 42.9 Å². The van der Waals surface area contributed by atoms with Crippen LogP contribution in [0, 0.1) is 0 Å². The molecule has 0 spiro atoms. The highest BCUT2D eigenvalue weighted by molar-refractivity contribution is 7.99. The number of fused-ring (bicyclic) bond motifs is 1. The zero-order chi connectivity index (χ0) is 14.7. The first-order valence-corrected chi connectivity index (χ1v) is 8.40. The lowest BCUT2D eigenvalue weighted by Crippen LogP contribution is -2.41. The van der Waals surface area contributed by atoms with E-state index in [1.807, 2.05) is 49.1 Å². The molecule has 0 radical (unpaired) electrons. The summed E-state index contributed by atoms with van der Waals surface area (Å²) in [7, 11) is 1.84. The Morgan fingerprint density at radius 3 is 3.10 bits per heavy atom. The molecule has 0 saturated carbocycles. The van der Waals surface area contributed by atoms with Crippen LogP contribution in [-0.2, 0) is 11.3 Å². The molecular formula is C16H20N2O2S. The zero-order valence-corrected chi connectivity index (χ0v) is 13.0. The molecule has 1 fully saturated rings. The number of furan rings is 1. The maximum absolute atomic E-state index is 12.3. The molecule has 5 heteroatoms. The van der Waals surface area contributed by atoms with Crippen molar-refractivity contribution in [3.05, 3.63) is 36.1 Å². The van der Waals surface area contributed by atoms with Crippen LogP contribution in [-0.4, -0.2) is 41.9 Å². The van der Waals surface area contributed by atoms with Gasteiger partial charge in [-0.1, -0.05) is 18.2 Å². The second-order valence-corrected chi connectivity index (χ2v) is 6.58. The molecule has 1 unspecified atom stereocenters. The molecule has 2 aromatic rings. The van der Waals surface area contributed by atoms with Crippen molar-refractivity contribution in [2.75, 3.05) is 25.1 Å². The Balaban J connectivity index is 1.59. The Morgan fingerprint density at radius 1 is 1.48 bits per heavy atom. The predicted octanol–water partition coefficient (Wildman–Crippen LogP) is 2.49. The van der Waals surface area contributed by atoms with Gasteiger partial charge >= 0.3 is 0 Å². The summed E-state index contributed by atoms with van der Waals surface area (Å²) in [5.74, 6) is 3.15. The van der Waals surface area contributed by atoms with Gasteiger partial charge in [-0.3, -0.25) is 4.79 Å². The number of nitrogens with one attached hydrogen (secondary N) is 1. The summed E-state index contributed by atoms with van der Waals surface area (Å²) >= 11 is 1.91. The van der Waals surface area contributed by atoms with E-state index in [2.05, 4.69) is 5.32 Å². The van der Waals surface area contributed by atoms with Crippen LogP contribution in [0.4, 0.5) is 0 Å². The predicted molar refractivity (Wildman–Crippen MR) is 86.4 cm³/mol. The molecule has 2 heterocycles. The molecule has 1 aromatic carbocycles. The summed E-state index contributed by atoms with van der Waals surface area (Å²) in [4.78, 5) is 14.0. The summed E-state index contributed by atoms with van der Waals surface area (Å²) in [6, 6.07) is 10.2. The third-order valence-corrected chi connectivity index (χ3v) is 4.85. The van der Waals surface area contributed by atoms with Gasteiger partial charge in [0.05, 0.1) is 6.54 Å². The molecule has 0 bridgehead atoms. The molecule has 4 nitrogen and oxygen atoms in total. The fourth-order valence-electron chi connectivity index (χ4n) is 2.55. The third kappa shape index (κ3) is 3.60. The van der Waals surface area contributed by atoms with Crippen molar-refractivity contribution < 1.29 is 9.21 Å². The molecule has 1 N–H and O–H groups in total. The van der Waals surface area contributed by atoms with E-state index in [4.69, 9.17) is 4.42 Å². The zero-order valence-electron chi connectivity index (χ0n) is 12.2. The monoisotopic (exact) mass is 304 g/mol.